The number of carbonyl (C=O) groups excluding carboxylic acids is 4. The lowest BCUT2D eigenvalue weighted by atomic mass is 10.1. The number of aliphatic carboxylic acids is 2. The fourth-order valence-electron chi connectivity index (χ4n) is 2.04. The molecule has 0 aromatic rings. The lowest BCUT2D eigenvalue weighted by Gasteiger charge is -2.23. The van der Waals surface area contributed by atoms with Crippen molar-refractivity contribution in [2.75, 3.05) is 12.4 Å². The number of rotatable bonds is 14. The van der Waals surface area contributed by atoms with E-state index in [4.69, 9.17) is 21.7 Å². The second-order valence-electron chi connectivity index (χ2n) is 6.10. The van der Waals surface area contributed by atoms with E-state index in [0.29, 0.717) is 0 Å². The van der Waals surface area contributed by atoms with Gasteiger partial charge in [-0.2, -0.15) is 12.6 Å². The minimum absolute atomic E-state index is 0.273. The van der Waals surface area contributed by atoms with Crippen LogP contribution in [0, 0.1) is 0 Å². The van der Waals surface area contributed by atoms with E-state index >= 15 is 0 Å². The van der Waals surface area contributed by atoms with Gasteiger partial charge >= 0.3 is 11.9 Å². The van der Waals surface area contributed by atoms with Gasteiger partial charge in [0.05, 0.1) is 19.1 Å². The maximum Gasteiger partial charge on any atom is 0.326 e. The van der Waals surface area contributed by atoms with Gasteiger partial charge in [-0.15, -0.1) is 0 Å². The fourth-order valence-corrected chi connectivity index (χ4v) is 2.29. The average molecular weight is 451 g/mol. The van der Waals surface area contributed by atoms with E-state index in [9.17, 15) is 33.9 Å². The minimum atomic E-state index is -1.56. The van der Waals surface area contributed by atoms with E-state index in [0.717, 1.165) is 0 Å². The molecule has 0 rings (SSSR count). The van der Waals surface area contributed by atoms with E-state index in [1.54, 1.807) is 0 Å². The molecule has 30 heavy (non-hydrogen) atoms. The monoisotopic (exact) mass is 451 g/mol. The maximum atomic E-state index is 12.2. The number of aliphatic hydroxyl groups is 1. The maximum absolute atomic E-state index is 12.2. The van der Waals surface area contributed by atoms with Crippen LogP contribution in [-0.2, 0) is 28.8 Å². The zero-order valence-electron chi connectivity index (χ0n) is 15.7. The van der Waals surface area contributed by atoms with Crippen LogP contribution >= 0.6 is 12.6 Å². The summed E-state index contributed by atoms with van der Waals surface area (Å²) in [5.41, 5.74) is 10.3. The van der Waals surface area contributed by atoms with Crippen LogP contribution in [0.2, 0.25) is 0 Å². The molecule has 0 heterocycles. The third-order valence-electron chi connectivity index (χ3n) is 3.66. The molecule has 14 nitrogen and oxygen atoms in total. The second-order valence-corrected chi connectivity index (χ2v) is 6.46. The zero-order valence-corrected chi connectivity index (χ0v) is 16.6. The van der Waals surface area contributed by atoms with Crippen molar-refractivity contribution in [2.24, 2.45) is 11.5 Å². The SMILES string of the molecule is NC(=O)CCC(NC(=O)C(CS)NC(=O)C(CO)NC(=O)C(N)CC(=O)O)C(=O)O. The van der Waals surface area contributed by atoms with Crippen LogP contribution in [0.25, 0.3) is 0 Å². The Kier molecular flexibility index (Phi) is 12.0. The van der Waals surface area contributed by atoms with Crippen molar-refractivity contribution >= 4 is 48.2 Å². The van der Waals surface area contributed by atoms with Gasteiger partial charge in [-0.25, -0.2) is 4.79 Å². The largest absolute Gasteiger partial charge is 0.481 e. The summed E-state index contributed by atoms with van der Waals surface area (Å²) >= 11 is 3.89. The highest BCUT2D eigenvalue weighted by Gasteiger charge is 2.29. The van der Waals surface area contributed by atoms with Crippen LogP contribution in [0.15, 0.2) is 0 Å². The smallest absolute Gasteiger partial charge is 0.326 e. The number of amides is 4. The van der Waals surface area contributed by atoms with E-state index < -0.39 is 72.8 Å². The third kappa shape index (κ3) is 10.0. The number of aliphatic hydroxyl groups excluding tert-OH is 1. The Morgan fingerprint density at radius 1 is 0.867 bits per heavy atom. The summed E-state index contributed by atoms with van der Waals surface area (Å²) in [6, 6.07) is -5.84. The molecule has 0 spiro atoms. The molecular formula is C15H25N5O9S. The van der Waals surface area contributed by atoms with Crippen LogP contribution in [0.3, 0.4) is 0 Å². The first-order valence-electron chi connectivity index (χ1n) is 8.54. The number of carboxylic acid groups (broad SMARTS) is 2. The molecule has 170 valence electrons. The fraction of sp³-hybridized carbons (Fsp3) is 0.600. The summed E-state index contributed by atoms with van der Waals surface area (Å²) in [7, 11) is 0. The van der Waals surface area contributed by atoms with Gasteiger partial charge in [-0.05, 0) is 6.42 Å². The van der Waals surface area contributed by atoms with Crippen molar-refractivity contribution < 1.29 is 44.1 Å². The number of hydrogen-bond acceptors (Lipinski definition) is 9. The topological polar surface area (TPSA) is 251 Å². The molecule has 0 aliphatic rings. The number of hydrogen-bond donors (Lipinski definition) is 9. The van der Waals surface area contributed by atoms with Gasteiger partial charge in [0.1, 0.15) is 18.1 Å². The van der Waals surface area contributed by atoms with Crippen molar-refractivity contribution in [3.63, 3.8) is 0 Å². The van der Waals surface area contributed by atoms with Crippen LogP contribution in [0.4, 0.5) is 0 Å². The van der Waals surface area contributed by atoms with Crippen molar-refractivity contribution in [3.8, 4) is 0 Å². The zero-order chi connectivity index (χ0) is 23.4. The highest BCUT2D eigenvalue weighted by molar-refractivity contribution is 7.80. The van der Waals surface area contributed by atoms with Gasteiger partial charge in [0.25, 0.3) is 0 Å². The van der Waals surface area contributed by atoms with Crippen LogP contribution < -0.4 is 27.4 Å². The summed E-state index contributed by atoms with van der Waals surface area (Å²) < 4.78 is 0. The van der Waals surface area contributed by atoms with E-state index in [-0.39, 0.29) is 18.6 Å². The first-order chi connectivity index (χ1) is 13.9. The summed E-state index contributed by atoms with van der Waals surface area (Å²) in [5.74, 6) is -6.80. The van der Waals surface area contributed by atoms with Gasteiger partial charge in [0.2, 0.25) is 23.6 Å². The van der Waals surface area contributed by atoms with E-state index in [1.807, 2.05) is 5.32 Å². The number of thiol groups is 1. The Morgan fingerprint density at radius 2 is 1.37 bits per heavy atom. The van der Waals surface area contributed by atoms with Gasteiger partial charge in [0.15, 0.2) is 0 Å². The third-order valence-corrected chi connectivity index (χ3v) is 4.02. The molecule has 0 aromatic carbocycles. The number of primary amides is 1. The van der Waals surface area contributed by atoms with Crippen molar-refractivity contribution in [2.45, 2.75) is 43.4 Å². The molecule has 4 unspecified atom stereocenters. The Bertz CT molecular complexity index is 675. The highest BCUT2D eigenvalue weighted by atomic mass is 32.1. The molecule has 15 heteroatoms. The van der Waals surface area contributed by atoms with Crippen molar-refractivity contribution in [3.05, 3.63) is 0 Å². The Balaban J connectivity index is 5.00. The second kappa shape index (κ2) is 13.3. The molecular weight excluding hydrogens is 426 g/mol. The number of carbonyl (C=O) groups is 6. The molecule has 0 aromatic heterocycles. The first kappa shape index (κ1) is 27.1. The summed E-state index contributed by atoms with van der Waals surface area (Å²) in [6.07, 6.45) is -1.29. The predicted octanol–water partition coefficient (Wildman–Crippen LogP) is -4.48. The van der Waals surface area contributed by atoms with Crippen LogP contribution in [0.1, 0.15) is 19.3 Å². The summed E-state index contributed by atoms with van der Waals surface area (Å²) in [5, 5.41) is 33.3. The van der Waals surface area contributed by atoms with Crippen molar-refractivity contribution in [1.29, 1.82) is 0 Å². The summed E-state index contributed by atoms with van der Waals surface area (Å²) in [4.78, 5) is 68.8. The van der Waals surface area contributed by atoms with E-state index in [1.165, 1.54) is 0 Å². The predicted molar refractivity (Wildman–Crippen MR) is 103 cm³/mol. The van der Waals surface area contributed by atoms with Gasteiger partial charge < -0.3 is 42.7 Å². The van der Waals surface area contributed by atoms with Gasteiger partial charge in [-0.1, -0.05) is 0 Å². The Morgan fingerprint density at radius 3 is 1.80 bits per heavy atom. The molecule has 0 saturated carbocycles. The number of nitrogens with two attached hydrogens (primary N) is 2. The van der Waals surface area contributed by atoms with Gasteiger partial charge in [0, 0.05) is 12.2 Å². The van der Waals surface area contributed by atoms with Crippen LogP contribution in [0.5, 0.6) is 0 Å². The highest BCUT2D eigenvalue weighted by Crippen LogP contribution is 2.00. The average Bonchev–Trinajstić information content (AvgIpc) is 2.65. The number of carboxylic acids is 2. The molecule has 0 aliphatic carbocycles. The standard InChI is InChI=1S/C15H25N5O9S/c16-6(3-11(23)24)12(25)19-8(4-21)13(26)20-9(5-30)14(27)18-7(15(28)29)1-2-10(17)22/h6-9,21,30H,1-5,16H2,(H2,17,22)(H,18,27)(H,19,25)(H,20,26)(H,23,24)(H,28,29). The number of nitrogens with one attached hydrogen (secondary N) is 3. The molecule has 4 atom stereocenters. The molecule has 0 fully saturated rings. The Labute approximate surface area is 176 Å². The van der Waals surface area contributed by atoms with Gasteiger partial charge in [-0.3, -0.25) is 24.0 Å². The van der Waals surface area contributed by atoms with Crippen molar-refractivity contribution in [1.82, 2.24) is 16.0 Å². The molecule has 4 amide bonds. The quantitative estimate of drug-likeness (QED) is 0.114. The molecule has 0 saturated heterocycles. The molecule has 0 aliphatic heterocycles. The molecule has 0 radical (unpaired) electrons. The normalized spacial score (nSPS) is 14.5. The molecule has 10 N–H and O–H groups in total. The van der Waals surface area contributed by atoms with Crippen LogP contribution in [-0.4, -0.2) is 87.4 Å². The lowest BCUT2D eigenvalue weighted by molar-refractivity contribution is -0.142. The first-order valence-corrected chi connectivity index (χ1v) is 9.17. The summed E-state index contributed by atoms with van der Waals surface area (Å²) in [6.45, 7) is -0.894. The lowest BCUT2D eigenvalue weighted by Crippen LogP contribution is -2.58. The molecule has 0 bridgehead atoms. The van der Waals surface area contributed by atoms with E-state index in [2.05, 4.69) is 23.3 Å². The minimum Gasteiger partial charge on any atom is -0.481 e. The Hall–Kier alpha value is -2.91.